The lowest BCUT2D eigenvalue weighted by Gasteiger charge is -2.10. The van der Waals surface area contributed by atoms with Gasteiger partial charge in [-0.3, -0.25) is 9.89 Å². The van der Waals surface area contributed by atoms with Crippen LogP contribution < -0.4 is 5.32 Å². The van der Waals surface area contributed by atoms with E-state index in [1.807, 2.05) is 0 Å². The molecular formula is C10H7BrF3N3OS. The van der Waals surface area contributed by atoms with E-state index in [1.165, 1.54) is 6.07 Å². The third-order valence-electron chi connectivity index (χ3n) is 2.17. The minimum absolute atomic E-state index is 0.131. The van der Waals surface area contributed by atoms with Gasteiger partial charge in [0.15, 0.2) is 5.82 Å². The number of nitrogens with one attached hydrogen (secondary N) is 2. The number of nitrogens with zero attached hydrogens (tertiary/aromatic N) is 1. The summed E-state index contributed by atoms with van der Waals surface area (Å²) in [6, 6.07) is 5.58. The molecule has 0 saturated carbocycles. The highest BCUT2D eigenvalue weighted by atomic mass is 79.9. The molecule has 9 heteroatoms. The van der Waals surface area contributed by atoms with Crippen LogP contribution in [0.2, 0.25) is 0 Å². The second-order valence-electron chi connectivity index (χ2n) is 3.49. The lowest BCUT2D eigenvalue weighted by Crippen LogP contribution is -2.12. The zero-order chi connectivity index (χ0) is 14.0. The maximum absolute atomic E-state index is 12.4. The van der Waals surface area contributed by atoms with Crippen LogP contribution in [-0.2, 0) is 0 Å². The number of benzene rings is 1. The average molecular weight is 354 g/mol. The lowest BCUT2D eigenvalue weighted by atomic mass is 10.2. The van der Waals surface area contributed by atoms with Crippen LogP contribution in [0.5, 0.6) is 0 Å². The van der Waals surface area contributed by atoms with E-state index in [2.05, 4.69) is 31.4 Å². The third kappa shape index (κ3) is 3.51. The molecule has 1 aromatic heterocycles. The van der Waals surface area contributed by atoms with Gasteiger partial charge in [-0.1, -0.05) is 0 Å². The summed E-state index contributed by atoms with van der Waals surface area (Å²) in [5, 5.41) is 8.77. The molecule has 0 bridgehead atoms. The van der Waals surface area contributed by atoms with Crippen LogP contribution in [0.3, 0.4) is 0 Å². The number of carbonyl (C=O) groups excluding carboxylic acids is 1. The fourth-order valence-corrected chi connectivity index (χ4v) is 2.06. The zero-order valence-electron chi connectivity index (χ0n) is 9.16. The van der Waals surface area contributed by atoms with Crippen molar-refractivity contribution < 1.29 is 16.5 Å². The Kier molecular flexibility index (Phi) is 3.85. The molecule has 0 radical (unpaired) electrons. The molecule has 1 amide bonds. The molecule has 0 aliphatic carbocycles. The van der Waals surface area contributed by atoms with Crippen LogP contribution in [0.1, 0.15) is 10.4 Å². The summed E-state index contributed by atoms with van der Waals surface area (Å²) in [5.41, 5.74) is 0.131. The Bertz CT molecular complexity index is 597. The van der Waals surface area contributed by atoms with E-state index in [0.717, 1.165) is 24.3 Å². The van der Waals surface area contributed by atoms with Gasteiger partial charge in [-0.05, 0) is 40.2 Å². The van der Waals surface area contributed by atoms with Gasteiger partial charge in [0.1, 0.15) is 4.60 Å². The van der Waals surface area contributed by atoms with Crippen molar-refractivity contribution in [2.45, 2.75) is 4.90 Å². The summed E-state index contributed by atoms with van der Waals surface area (Å²) in [6.07, 6.45) is 0. The molecule has 0 unspecified atom stereocenters. The highest BCUT2D eigenvalue weighted by Gasteiger charge is 2.24. The van der Waals surface area contributed by atoms with Gasteiger partial charge in [0.05, 0.1) is 4.90 Å². The highest BCUT2D eigenvalue weighted by molar-refractivity contribution is 9.10. The van der Waals surface area contributed by atoms with Crippen molar-refractivity contribution in [1.82, 2.24) is 10.2 Å². The first-order valence-corrected chi connectivity index (χ1v) is 7.03. The Balaban J connectivity index is 2.12. The second-order valence-corrected chi connectivity index (χ2v) is 5.62. The number of H-pyrrole nitrogens is 1. The predicted molar refractivity (Wildman–Crippen MR) is 69.9 cm³/mol. The van der Waals surface area contributed by atoms with E-state index >= 15 is 0 Å². The Morgan fingerprint density at radius 2 is 1.89 bits per heavy atom. The van der Waals surface area contributed by atoms with Gasteiger partial charge < -0.3 is 5.32 Å². The van der Waals surface area contributed by atoms with Crippen LogP contribution >= 0.6 is 27.1 Å². The first-order chi connectivity index (χ1) is 8.86. The summed E-state index contributed by atoms with van der Waals surface area (Å²) >= 11 is -2.14. The van der Waals surface area contributed by atoms with Crippen molar-refractivity contribution in [2.24, 2.45) is 0 Å². The number of hydrogen-bond acceptors (Lipinski definition) is 2. The Morgan fingerprint density at radius 3 is 2.37 bits per heavy atom. The number of aromatic nitrogens is 2. The van der Waals surface area contributed by atoms with Gasteiger partial charge >= 0.3 is 0 Å². The second kappa shape index (κ2) is 5.25. The number of amides is 1. The molecule has 0 fully saturated rings. The third-order valence-corrected chi connectivity index (χ3v) is 3.38. The molecule has 0 saturated heterocycles. The zero-order valence-corrected chi connectivity index (χ0v) is 11.6. The molecule has 2 aromatic rings. The number of carbonyl (C=O) groups is 1. The minimum Gasteiger partial charge on any atom is -0.305 e. The van der Waals surface area contributed by atoms with Gasteiger partial charge in [0.2, 0.25) is 11.2 Å². The van der Waals surface area contributed by atoms with Gasteiger partial charge in [-0.25, -0.2) is 0 Å². The largest absolute Gasteiger partial charge is 0.305 e. The standard InChI is InChI=1S/C10H7BrF3N3OS/c11-8-5-9(17-16-8)15-10(18)6-1-3-7(4-2-6)19(12,13)14/h1-5H,(H2,15,16,17,18). The first kappa shape index (κ1) is 13.9. The molecule has 102 valence electrons. The number of anilines is 1. The van der Waals surface area contributed by atoms with Crippen LogP contribution in [0.25, 0.3) is 0 Å². The molecule has 2 rings (SSSR count). The normalized spacial score (nSPS) is 12.2. The SMILES string of the molecule is O=C(Nc1cc(Br)[nH]n1)c1ccc(S(F)(F)F)cc1. The van der Waals surface area contributed by atoms with E-state index in [1.54, 1.807) is 0 Å². The van der Waals surface area contributed by atoms with E-state index in [-0.39, 0.29) is 11.4 Å². The molecule has 19 heavy (non-hydrogen) atoms. The van der Waals surface area contributed by atoms with E-state index in [0.29, 0.717) is 4.60 Å². The van der Waals surface area contributed by atoms with Gasteiger partial charge in [-0.2, -0.15) is 5.10 Å². The molecule has 0 spiro atoms. The van der Waals surface area contributed by atoms with E-state index < -0.39 is 22.0 Å². The maximum Gasteiger partial charge on any atom is 0.256 e. The van der Waals surface area contributed by atoms with Crippen molar-refractivity contribution in [2.75, 3.05) is 5.32 Å². The Morgan fingerprint density at radius 1 is 1.26 bits per heavy atom. The van der Waals surface area contributed by atoms with Gasteiger partial charge in [0.25, 0.3) is 5.91 Å². The van der Waals surface area contributed by atoms with Crippen molar-refractivity contribution in [3.05, 3.63) is 40.5 Å². The molecule has 0 atom stereocenters. The van der Waals surface area contributed by atoms with Crippen LogP contribution in [0.4, 0.5) is 17.5 Å². The summed E-state index contributed by atoms with van der Waals surface area (Å²) in [5.74, 6) is -0.245. The van der Waals surface area contributed by atoms with Crippen molar-refractivity contribution in [3.63, 3.8) is 0 Å². The lowest BCUT2D eigenvalue weighted by molar-refractivity contribution is 0.102. The highest BCUT2D eigenvalue weighted by Crippen LogP contribution is 2.60. The number of aromatic amines is 1. The summed E-state index contributed by atoms with van der Waals surface area (Å²) in [7, 11) is 0. The molecule has 4 nitrogen and oxygen atoms in total. The number of halogens is 4. The molecule has 1 heterocycles. The quantitative estimate of drug-likeness (QED) is 0.866. The van der Waals surface area contributed by atoms with Crippen LogP contribution in [0.15, 0.2) is 39.8 Å². The van der Waals surface area contributed by atoms with Crippen LogP contribution in [0, 0.1) is 0 Å². The van der Waals surface area contributed by atoms with Gasteiger partial charge in [0, 0.05) is 11.6 Å². The van der Waals surface area contributed by atoms with E-state index in [9.17, 15) is 16.5 Å². The summed E-state index contributed by atoms with van der Waals surface area (Å²) < 4.78 is 37.9. The topological polar surface area (TPSA) is 57.8 Å². The monoisotopic (exact) mass is 353 g/mol. The summed E-state index contributed by atoms with van der Waals surface area (Å²) in [6.45, 7) is 0. The maximum atomic E-state index is 12.4. The van der Waals surface area contributed by atoms with Gasteiger partial charge in [-0.15, -0.1) is 11.7 Å². The fourth-order valence-electron chi connectivity index (χ4n) is 1.31. The Hall–Kier alpha value is -1.48. The predicted octanol–water partition coefficient (Wildman–Crippen LogP) is 4.24. The minimum atomic E-state index is -5.26. The van der Waals surface area contributed by atoms with Crippen molar-refractivity contribution in [3.8, 4) is 0 Å². The fraction of sp³-hybridized carbons (Fsp3) is 0. The van der Waals surface area contributed by atoms with E-state index in [4.69, 9.17) is 0 Å². The number of rotatable bonds is 3. The molecule has 2 N–H and O–H groups in total. The molecule has 0 aliphatic rings. The van der Waals surface area contributed by atoms with Crippen molar-refractivity contribution in [1.29, 1.82) is 0 Å². The molecular weight excluding hydrogens is 347 g/mol. The smallest absolute Gasteiger partial charge is 0.256 e. The molecule has 1 aromatic carbocycles. The number of hydrogen-bond donors (Lipinski definition) is 2. The van der Waals surface area contributed by atoms with Crippen molar-refractivity contribution >= 4 is 38.8 Å². The summed E-state index contributed by atoms with van der Waals surface area (Å²) in [4.78, 5) is 11.0. The Labute approximate surface area is 116 Å². The first-order valence-electron chi connectivity index (χ1n) is 4.91. The molecule has 0 aliphatic heterocycles. The average Bonchev–Trinajstić information content (AvgIpc) is 2.74. The van der Waals surface area contributed by atoms with Crippen LogP contribution in [-0.4, -0.2) is 16.1 Å².